The Kier molecular flexibility index (Phi) is 6.16. The summed E-state index contributed by atoms with van der Waals surface area (Å²) in [6, 6.07) is 5.76. The van der Waals surface area contributed by atoms with Gasteiger partial charge in [0.2, 0.25) is 0 Å². The molecule has 3 rings (SSSR count). The highest BCUT2D eigenvalue weighted by atomic mass is 35.5. The van der Waals surface area contributed by atoms with E-state index in [1.54, 1.807) is 23.7 Å². The molecule has 0 amide bonds. The van der Waals surface area contributed by atoms with Crippen molar-refractivity contribution in [3.05, 3.63) is 47.7 Å². The Hall–Kier alpha value is -1.40. The number of aliphatic hydroxyl groups is 1. The van der Waals surface area contributed by atoms with Crippen LogP contribution in [0.3, 0.4) is 0 Å². The van der Waals surface area contributed by atoms with Crippen LogP contribution in [-0.2, 0) is 6.61 Å². The van der Waals surface area contributed by atoms with E-state index in [1.165, 1.54) is 0 Å². The molecule has 0 aliphatic rings. The number of aromatic nitrogens is 3. The predicted molar refractivity (Wildman–Crippen MR) is 85.6 cm³/mol. The highest BCUT2D eigenvalue weighted by molar-refractivity contribution is 7.13. The van der Waals surface area contributed by atoms with Crippen molar-refractivity contribution in [2.24, 2.45) is 0 Å². The van der Waals surface area contributed by atoms with Crippen LogP contribution in [0.15, 0.2) is 42.2 Å². The average Bonchev–Trinajstić information content (AvgIpc) is 3.08. The lowest BCUT2D eigenvalue weighted by molar-refractivity contribution is 0.283. The normalized spacial score (nSPS) is 9.65. The molecule has 0 unspecified atom stereocenters. The maximum absolute atomic E-state index is 9.25. The topological polar surface area (TPSA) is 61.8 Å². The summed E-state index contributed by atoms with van der Waals surface area (Å²) in [6.45, 7) is 0.0295. The number of imidazole rings is 1. The number of halogens is 2. The average molecular weight is 330 g/mol. The number of pyridine rings is 1. The smallest absolute Gasteiger partial charge is 0.148 e. The molecule has 0 saturated heterocycles. The van der Waals surface area contributed by atoms with Gasteiger partial charge in [-0.25, -0.2) is 4.98 Å². The molecule has 3 aromatic rings. The summed E-state index contributed by atoms with van der Waals surface area (Å²) < 4.78 is 0. The lowest BCUT2D eigenvalue weighted by Crippen LogP contribution is -1.85. The second-order valence-corrected chi connectivity index (χ2v) is 4.73. The van der Waals surface area contributed by atoms with E-state index in [9.17, 15) is 5.11 Å². The van der Waals surface area contributed by atoms with Crippen molar-refractivity contribution in [2.45, 2.75) is 6.61 Å². The number of hydrogen-bond acceptors (Lipinski definition) is 4. The van der Waals surface area contributed by atoms with Gasteiger partial charge >= 0.3 is 0 Å². The molecule has 0 aromatic carbocycles. The molecule has 0 spiro atoms. The minimum Gasteiger partial charge on any atom is -0.392 e. The van der Waals surface area contributed by atoms with Gasteiger partial charge in [-0.05, 0) is 29.1 Å². The van der Waals surface area contributed by atoms with E-state index in [2.05, 4.69) is 15.0 Å². The molecule has 106 valence electrons. The van der Waals surface area contributed by atoms with Gasteiger partial charge < -0.3 is 10.1 Å². The number of aliphatic hydroxyl groups excluding tert-OH is 1. The second kappa shape index (κ2) is 7.40. The first kappa shape index (κ1) is 16.7. The minimum atomic E-state index is 0. The van der Waals surface area contributed by atoms with Crippen molar-refractivity contribution >= 4 is 36.2 Å². The highest BCUT2D eigenvalue weighted by Gasteiger charge is 2.10. The molecule has 3 aromatic heterocycles. The van der Waals surface area contributed by atoms with Crippen LogP contribution < -0.4 is 0 Å². The molecule has 20 heavy (non-hydrogen) atoms. The Balaban J connectivity index is 0.000001000. The van der Waals surface area contributed by atoms with Gasteiger partial charge in [-0.1, -0.05) is 0 Å². The summed E-state index contributed by atoms with van der Waals surface area (Å²) in [5, 5.41) is 11.2. The van der Waals surface area contributed by atoms with Gasteiger partial charge in [-0.2, -0.15) is 0 Å². The van der Waals surface area contributed by atoms with E-state index >= 15 is 0 Å². The Morgan fingerprint density at radius 1 is 1.25 bits per heavy atom. The van der Waals surface area contributed by atoms with Gasteiger partial charge in [0, 0.05) is 24.2 Å². The fourth-order valence-corrected chi connectivity index (χ4v) is 2.64. The van der Waals surface area contributed by atoms with Crippen LogP contribution in [0.4, 0.5) is 0 Å². The lowest BCUT2D eigenvalue weighted by Gasteiger charge is -1.96. The number of nitrogens with zero attached hydrogens (tertiary/aromatic N) is 2. The summed E-state index contributed by atoms with van der Waals surface area (Å²) in [4.78, 5) is 12.7. The van der Waals surface area contributed by atoms with Crippen LogP contribution in [0.25, 0.3) is 22.0 Å². The molecule has 0 radical (unpaired) electrons. The third-order valence-electron chi connectivity index (χ3n) is 2.67. The van der Waals surface area contributed by atoms with Crippen molar-refractivity contribution in [1.82, 2.24) is 15.0 Å². The van der Waals surface area contributed by atoms with Crippen molar-refractivity contribution in [3.8, 4) is 22.0 Å². The van der Waals surface area contributed by atoms with Crippen molar-refractivity contribution < 1.29 is 5.11 Å². The summed E-state index contributed by atoms with van der Waals surface area (Å²) in [7, 11) is 0. The molecule has 3 heterocycles. The summed E-state index contributed by atoms with van der Waals surface area (Å²) in [5.74, 6) is 0.785. The monoisotopic (exact) mass is 329 g/mol. The van der Waals surface area contributed by atoms with Crippen LogP contribution in [0.1, 0.15) is 5.56 Å². The summed E-state index contributed by atoms with van der Waals surface area (Å²) in [5.41, 5.74) is 2.73. The molecule has 0 bridgehead atoms. The van der Waals surface area contributed by atoms with Gasteiger partial charge in [0.1, 0.15) is 5.82 Å². The van der Waals surface area contributed by atoms with E-state index in [0.717, 1.165) is 27.5 Å². The van der Waals surface area contributed by atoms with Crippen LogP contribution in [0.5, 0.6) is 0 Å². The SMILES string of the molecule is Cl.Cl.OCc1ccsc1-c1nc(-c2cccnc2)c[nH]1. The molecule has 4 nitrogen and oxygen atoms in total. The summed E-state index contributed by atoms with van der Waals surface area (Å²) in [6.07, 6.45) is 5.37. The van der Waals surface area contributed by atoms with Crippen molar-refractivity contribution in [2.75, 3.05) is 0 Å². The third kappa shape index (κ3) is 3.19. The van der Waals surface area contributed by atoms with E-state index < -0.39 is 0 Å². The fourth-order valence-electron chi connectivity index (χ4n) is 1.77. The van der Waals surface area contributed by atoms with Gasteiger partial charge in [0.05, 0.1) is 17.2 Å². The number of thiophene rings is 1. The van der Waals surface area contributed by atoms with Crippen molar-refractivity contribution in [3.63, 3.8) is 0 Å². The molecule has 2 N–H and O–H groups in total. The first-order valence-electron chi connectivity index (χ1n) is 5.52. The molecule has 0 saturated carbocycles. The Morgan fingerprint density at radius 3 is 2.80 bits per heavy atom. The van der Waals surface area contributed by atoms with E-state index in [0.29, 0.717) is 0 Å². The first-order valence-corrected chi connectivity index (χ1v) is 6.40. The van der Waals surface area contributed by atoms with E-state index in [1.807, 2.05) is 29.8 Å². The number of hydrogen-bond donors (Lipinski definition) is 2. The van der Waals surface area contributed by atoms with Gasteiger partial charge in [-0.3, -0.25) is 4.98 Å². The van der Waals surface area contributed by atoms with E-state index in [-0.39, 0.29) is 31.4 Å². The molecule has 7 heteroatoms. The Labute approximate surface area is 132 Å². The van der Waals surface area contributed by atoms with Crippen LogP contribution in [0, 0.1) is 0 Å². The van der Waals surface area contributed by atoms with Gasteiger partial charge in [-0.15, -0.1) is 36.2 Å². The zero-order chi connectivity index (χ0) is 12.4. The van der Waals surface area contributed by atoms with E-state index in [4.69, 9.17) is 0 Å². The quantitative estimate of drug-likeness (QED) is 0.772. The Morgan fingerprint density at radius 2 is 2.10 bits per heavy atom. The van der Waals surface area contributed by atoms with Crippen LogP contribution in [-0.4, -0.2) is 20.1 Å². The number of H-pyrrole nitrogens is 1. The zero-order valence-electron chi connectivity index (χ0n) is 10.3. The molecule has 0 aliphatic heterocycles. The standard InChI is InChI=1S/C13H11N3OS.2ClH/c17-8-10-3-5-18-12(10)13-15-7-11(16-13)9-2-1-4-14-6-9;;/h1-7,17H,8H2,(H,15,16);2*1H. The van der Waals surface area contributed by atoms with Gasteiger partial charge in [0.15, 0.2) is 0 Å². The molecular formula is C13H13Cl2N3OS. The zero-order valence-corrected chi connectivity index (χ0v) is 12.8. The van der Waals surface area contributed by atoms with Crippen LogP contribution in [0.2, 0.25) is 0 Å². The number of nitrogens with one attached hydrogen (secondary N) is 1. The largest absolute Gasteiger partial charge is 0.392 e. The predicted octanol–water partition coefficient (Wildman–Crippen LogP) is 3.54. The first-order chi connectivity index (χ1) is 8.88. The third-order valence-corrected chi connectivity index (χ3v) is 3.63. The second-order valence-electron chi connectivity index (χ2n) is 3.81. The molecule has 0 atom stereocenters. The number of aromatic amines is 1. The summed E-state index contributed by atoms with van der Waals surface area (Å²) >= 11 is 1.57. The fraction of sp³-hybridized carbons (Fsp3) is 0.0769. The molecule has 0 fully saturated rings. The van der Waals surface area contributed by atoms with Crippen molar-refractivity contribution in [1.29, 1.82) is 0 Å². The van der Waals surface area contributed by atoms with Gasteiger partial charge in [0.25, 0.3) is 0 Å². The maximum Gasteiger partial charge on any atom is 0.148 e. The highest BCUT2D eigenvalue weighted by Crippen LogP contribution is 2.29. The molecular weight excluding hydrogens is 317 g/mol. The maximum atomic E-state index is 9.25. The Bertz CT molecular complexity index is 654. The molecule has 0 aliphatic carbocycles. The van der Waals surface area contributed by atoms with Crippen LogP contribution >= 0.6 is 36.2 Å². The number of rotatable bonds is 3. The lowest BCUT2D eigenvalue weighted by atomic mass is 10.2. The minimum absolute atomic E-state index is 0.